The molecule has 1 saturated carbocycles. The summed E-state index contributed by atoms with van der Waals surface area (Å²) in [4.78, 5) is 15.0. The van der Waals surface area contributed by atoms with E-state index in [1.807, 2.05) is 24.3 Å². The molecule has 0 amide bonds. The SMILES string of the molecule is c1ccc(-c2ccc(-c3nc(-c4ccccc4)nc(-c4ccc(C5(c6ccc(-c7ccccc7)cc6)CCCCC5)cc4)n3)cc2)cc1. The minimum atomic E-state index is 0.00591. The molecule has 8 rings (SSSR count). The number of benzene rings is 6. The van der Waals surface area contributed by atoms with E-state index in [-0.39, 0.29) is 5.41 Å². The molecule has 0 N–H and O–H groups in total. The van der Waals surface area contributed by atoms with Crippen molar-refractivity contribution in [3.63, 3.8) is 0 Å². The highest BCUT2D eigenvalue weighted by atomic mass is 15.0. The van der Waals surface area contributed by atoms with Crippen molar-refractivity contribution in [3.05, 3.63) is 175 Å². The molecule has 1 aliphatic carbocycles. The average molecular weight is 620 g/mol. The largest absolute Gasteiger partial charge is 0.208 e. The summed E-state index contributed by atoms with van der Waals surface area (Å²) in [6.07, 6.45) is 6.09. The van der Waals surface area contributed by atoms with Gasteiger partial charge in [0, 0.05) is 22.1 Å². The molecule has 1 aliphatic rings. The van der Waals surface area contributed by atoms with E-state index in [0.717, 1.165) is 29.5 Å². The normalized spacial score (nSPS) is 14.0. The molecular formula is C45H37N3. The number of aromatic nitrogens is 3. The highest BCUT2D eigenvalue weighted by Crippen LogP contribution is 2.45. The first-order valence-electron chi connectivity index (χ1n) is 17.0. The maximum atomic E-state index is 5.04. The van der Waals surface area contributed by atoms with Crippen molar-refractivity contribution < 1.29 is 0 Å². The summed E-state index contributed by atoms with van der Waals surface area (Å²) in [7, 11) is 0. The van der Waals surface area contributed by atoms with Gasteiger partial charge in [-0.15, -0.1) is 0 Å². The van der Waals surface area contributed by atoms with Crippen LogP contribution >= 0.6 is 0 Å². The van der Waals surface area contributed by atoms with Crippen LogP contribution in [0.25, 0.3) is 56.4 Å². The van der Waals surface area contributed by atoms with Crippen molar-refractivity contribution in [3.8, 4) is 56.4 Å². The summed E-state index contributed by atoms with van der Waals surface area (Å²) in [5.41, 5.74) is 10.6. The van der Waals surface area contributed by atoms with E-state index in [4.69, 9.17) is 15.0 Å². The van der Waals surface area contributed by atoms with Gasteiger partial charge in [0.2, 0.25) is 0 Å². The second-order valence-corrected chi connectivity index (χ2v) is 12.8. The van der Waals surface area contributed by atoms with Crippen LogP contribution in [-0.2, 0) is 5.41 Å². The number of rotatable bonds is 7. The van der Waals surface area contributed by atoms with Crippen molar-refractivity contribution in [1.29, 1.82) is 0 Å². The van der Waals surface area contributed by atoms with E-state index in [9.17, 15) is 0 Å². The lowest BCUT2D eigenvalue weighted by atomic mass is 9.65. The molecule has 1 fully saturated rings. The van der Waals surface area contributed by atoms with Crippen LogP contribution in [0.3, 0.4) is 0 Å². The van der Waals surface area contributed by atoms with Crippen molar-refractivity contribution in [2.45, 2.75) is 37.5 Å². The minimum Gasteiger partial charge on any atom is -0.208 e. The molecule has 1 aromatic heterocycles. The van der Waals surface area contributed by atoms with Gasteiger partial charge in [0.05, 0.1) is 0 Å². The molecule has 0 aliphatic heterocycles. The number of hydrogen-bond acceptors (Lipinski definition) is 3. The molecule has 0 saturated heterocycles. The van der Waals surface area contributed by atoms with Gasteiger partial charge in [0.15, 0.2) is 17.5 Å². The highest BCUT2D eigenvalue weighted by molar-refractivity contribution is 5.71. The van der Waals surface area contributed by atoms with E-state index < -0.39 is 0 Å². The Balaban J connectivity index is 1.15. The molecule has 0 atom stereocenters. The monoisotopic (exact) mass is 619 g/mol. The number of hydrogen-bond donors (Lipinski definition) is 0. The smallest absolute Gasteiger partial charge is 0.164 e. The van der Waals surface area contributed by atoms with Crippen molar-refractivity contribution in [2.75, 3.05) is 0 Å². The fraction of sp³-hybridized carbons (Fsp3) is 0.133. The van der Waals surface area contributed by atoms with E-state index in [1.165, 1.54) is 52.6 Å². The Morgan fingerprint density at radius 1 is 0.292 bits per heavy atom. The zero-order chi connectivity index (χ0) is 32.2. The second-order valence-electron chi connectivity index (χ2n) is 12.8. The minimum absolute atomic E-state index is 0.00591. The molecule has 0 bridgehead atoms. The average Bonchev–Trinajstić information content (AvgIpc) is 3.19. The Morgan fingerprint density at radius 2 is 0.583 bits per heavy atom. The van der Waals surface area contributed by atoms with E-state index in [0.29, 0.717) is 17.5 Å². The number of nitrogens with zero attached hydrogens (tertiary/aromatic N) is 3. The Kier molecular flexibility index (Phi) is 8.18. The maximum Gasteiger partial charge on any atom is 0.164 e. The van der Waals surface area contributed by atoms with Gasteiger partial charge in [-0.2, -0.15) is 0 Å². The quantitative estimate of drug-likeness (QED) is 0.178. The zero-order valence-electron chi connectivity index (χ0n) is 27.0. The third-order valence-corrected chi connectivity index (χ3v) is 9.87. The predicted octanol–water partition coefficient (Wildman–Crippen LogP) is 11.5. The van der Waals surface area contributed by atoms with Gasteiger partial charge in [-0.3, -0.25) is 0 Å². The molecule has 48 heavy (non-hydrogen) atoms. The van der Waals surface area contributed by atoms with Crippen LogP contribution in [0.5, 0.6) is 0 Å². The summed E-state index contributed by atoms with van der Waals surface area (Å²) in [5, 5.41) is 0. The summed E-state index contributed by atoms with van der Waals surface area (Å²) in [5.74, 6) is 2.03. The molecule has 0 radical (unpaired) electrons. The molecule has 0 unspecified atom stereocenters. The van der Waals surface area contributed by atoms with E-state index in [1.54, 1.807) is 0 Å². The third-order valence-electron chi connectivity index (χ3n) is 9.87. The van der Waals surface area contributed by atoms with E-state index >= 15 is 0 Å². The van der Waals surface area contributed by atoms with Gasteiger partial charge in [0.25, 0.3) is 0 Å². The first kappa shape index (κ1) is 29.7. The van der Waals surface area contributed by atoms with Crippen molar-refractivity contribution >= 4 is 0 Å². The fourth-order valence-electron chi connectivity index (χ4n) is 7.24. The lowest BCUT2D eigenvalue weighted by Crippen LogP contribution is -2.30. The highest BCUT2D eigenvalue weighted by Gasteiger charge is 2.35. The molecule has 3 nitrogen and oxygen atoms in total. The van der Waals surface area contributed by atoms with E-state index in [2.05, 4.69) is 140 Å². The predicted molar refractivity (Wildman–Crippen MR) is 197 cm³/mol. The van der Waals surface area contributed by atoms with Crippen LogP contribution in [0.4, 0.5) is 0 Å². The molecule has 3 heteroatoms. The summed E-state index contributed by atoms with van der Waals surface area (Å²) >= 11 is 0. The standard InChI is InChI=1S/C45H37N3/c1-5-13-33(14-6-1)35-19-21-38(22-20-35)43-46-42(37-17-9-3-10-18-37)47-44(48-43)39-25-29-41(30-26-39)45(31-11-4-12-32-45)40-27-23-36(24-28-40)34-15-7-2-8-16-34/h1-3,5-10,13-30H,4,11-12,31-32H2. The van der Waals surface area contributed by atoms with Crippen molar-refractivity contribution in [1.82, 2.24) is 15.0 Å². The van der Waals surface area contributed by atoms with Crippen LogP contribution < -0.4 is 0 Å². The molecule has 6 aromatic carbocycles. The maximum absolute atomic E-state index is 5.04. The van der Waals surface area contributed by atoms with Crippen LogP contribution in [0, 0.1) is 0 Å². The Bertz CT molecular complexity index is 2100. The lowest BCUT2D eigenvalue weighted by Gasteiger charge is -2.39. The third kappa shape index (κ3) is 5.96. The Morgan fingerprint density at radius 3 is 1.00 bits per heavy atom. The zero-order valence-corrected chi connectivity index (χ0v) is 27.0. The fourth-order valence-corrected chi connectivity index (χ4v) is 7.24. The second kappa shape index (κ2) is 13.2. The van der Waals surface area contributed by atoms with Crippen molar-refractivity contribution in [2.24, 2.45) is 0 Å². The van der Waals surface area contributed by atoms with Gasteiger partial charge in [-0.25, -0.2) is 15.0 Å². The van der Waals surface area contributed by atoms with Gasteiger partial charge in [-0.1, -0.05) is 183 Å². The molecule has 0 spiro atoms. The van der Waals surface area contributed by atoms with Gasteiger partial charge >= 0.3 is 0 Å². The molecule has 232 valence electrons. The molecule has 1 heterocycles. The Labute approximate surface area is 283 Å². The summed E-state index contributed by atoms with van der Waals surface area (Å²) < 4.78 is 0. The first-order chi connectivity index (χ1) is 23.7. The lowest BCUT2D eigenvalue weighted by molar-refractivity contribution is 0.346. The van der Waals surface area contributed by atoms with Gasteiger partial charge in [0.1, 0.15) is 0 Å². The Hall–Kier alpha value is -5.67. The van der Waals surface area contributed by atoms with Crippen LogP contribution in [-0.4, -0.2) is 15.0 Å². The van der Waals surface area contributed by atoms with Gasteiger partial charge < -0.3 is 0 Å². The molecular weight excluding hydrogens is 583 g/mol. The molecule has 7 aromatic rings. The summed E-state index contributed by atoms with van der Waals surface area (Å²) in [6.45, 7) is 0. The topological polar surface area (TPSA) is 38.7 Å². The first-order valence-corrected chi connectivity index (χ1v) is 17.0. The summed E-state index contributed by atoms with van der Waals surface area (Å²) in [6, 6.07) is 58.1. The van der Waals surface area contributed by atoms with Crippen LogP contribution in [0.1, 0.15) is 43.2 Å². The van der Waals surface area contributed by atoms with Crippen LogP contribution in [0.2, 0.25) is 0 Å². The van der Waals surface area contributed by atoms with Crippen LogP contribution in [0.15, 0.2) is 164 Å². The van der Waals surface area contributed by atoms with Gasteiger partial charge in [-0.05, 0) is 46.2 Å².